The van der Waals surface area contributed by atoms with Gasteiger partial charge in [-0.2, -0.15) is 4.31 Å². The van der Waals surface area contributed by atoms with Crippen molar-refractivity contribution in [3.05, 3.63) is 24.3 Å². The molecule has 0 bridgehead atoms. The molecule has 0 saturated carbocycles. The van der Waals surface area contributed by atoms with E-state index in [4.69, 9.17) is 4.74 Å². The molecule has 2 rings (SSSR count). The van der Waals surface area contributed by atoms with Gasteiger partial charge in [-0.25, -0.2) is 8.42 Å². The van der Waals surface area contributed by atoms with Gasteiger partial charge in [-0.15, -0.1) is 0 Å². The smallest absolute Gasteiger partial charge is 0.246 e. The molecule has 1 aliphatic heterocycles. The van der Waals surface area contributed by atoms with Crippen LogP contribution < -0.4 is 4.74 Å². The average Bonchev–Trinajstić information content (AvgIpc) is 2.80. The molecule has 0 atom stereocenters. The number of rotatable bonds is 5. The molecule has 1 amide bonds. The summed E-state index contributed by atoms with van der Waals surface area (Å²) in [6, 6.07) is 6.64. The number of nitrogens with zero attached hydrogens (tertiary/aromatic N) is 3. The Kier molecular flexibility index (Phi) is 6.20. The monoisotopic (exact) mass is 355 g/mol. The standard InChI is InChI=1S/C16H25N3O4S/c1-17(2)16(20)13-18-9-6-10-19(12-11-18)24(21,22)15-8-5-4-7-14(15)23-3/h4-5,7-8H,6,9-13H2,1-3H3. The zero-order chi connectivity index (χ0) is 17.7. The fraction of sp³-hybridized carbons (Fsp3) is 0.562. The number of para-hydroxylation sites is 1. The number of ether oxygens (including phenoxy) is 1. The number of sulfonamides is 1. The SMILES string of the molecule is COc1ccccc1S(=O)(=O)N1CCCN(CC(=O)N(C)C)CC1. The summed E-state index contributed by atoms with van der Waals surface area (Å²) in [5.41, 5.74) is 0. The van der Waals surface area contributed by atoms with E-state index in [0.717, 1.165) is 0 Å². The maximum absolute atomic E-state index is 12.9. The number of hydrogen-bond donors (Lipinski definition) is 0. The van der Waals surface area contributed by atoms with E-state index in [2.05, 4.69) is 0 Å². The molecule has 1 fully saturated rings. The fourth-order valence-electron chi connectivity index (χ4n) is 2.65. The summed E-state index contributed by atoms with van der Waals surface area (Å²) in [7, 11) is 1.30. The summed E-state index contributed by atoms with van der Waals surface area (Å²) in [6.07, 6.45) is 0.690. The topological polar surface area (TPSA) is 70.2 Å². The van der Waals surface area contributed by atoms with E-state index in [0.29, 0.717) is 44.9 Å². The highest BCUT2D eigenvalue weighted by atomic mass is 32.2. The van der Waals surface area contributed by atoms with E-state index >= 15 is 0 Å². The van der Waals surface area contributed by atoms with Crippen molar-refractivity contribution in [1.29, 1.82) is 0 Å². The molecule has 1 aliphatic rings. The molecule has 8 heteroatoms. The van der Waals surface area contributed by atoms with Gasteiger partial charge < -0.3 is 9.64 Å². The lowest BCUT2D eigenvalue weighted by Gasteiger charge is -2.23. The minimum absolute atomic E-state index is 0.0241. The number of likely N-dealkylation sites (N-methyl/N-ethyl adjacent to an activating group) is 1. The van der Waals surface area contributed by atoms with Gasteiger partial charge in [0.2, 0.25) is 15.9 Å². The molecular weight excluding hydrogens is 330 g/mol. The molecule has 0 aromatic heterocycles. The highest BCUT2D eigenvalue weighted by Crippen LogP contribution is 2.26. The number of methoxy groups -OCH3 is 1. The van der Waals surface area contributed by atoms with Crippen LogP contribution in [0.5, 0.6) is 5.75 Å². The number of benzene rings is 1. The molecule has 1 heterocycles. The van der Waals surface area contributed by atoms with Crippen LogP contribution in [-0.4, -0.2) is 82.4 Å². The first kappa shape index (κ1) is 18.7. The minimum Gasteiger partial charge on any atom is -0.495 e. The summed E-state index contributed by atoms with van der Waals surface area (Å²) in [4.78, 5) is 15.6. The van der Waals surface area contributed by atoms with Gasteiger partial charge in [-0.05, 0) is 25.1 Å². The highest BCUT2D eigenvalue weighted by molar-refractivity contribution is 7.89. The summed E-state index contributed by atoms with van der Waals surface area (Å²) in [5, 5.41) is 0. The quantitative estimate of drug-likeness (QED) is 0.768. The van der Waals surface area contributed by atoms with Gasteiger partial charge in [0.25, 0.3) is 0 Å². The number of amides is 1. The lowest BCUT2D eigenvalue weighted by molar-refractivity contribution is -0.129. The molecule has 0 spiro atoms. The van der Waals surface area contributed by atoms with Crippen molar-refractivity contribution >= 4 is 15.9 Å². The second-order valence-electron chi connectivity index (χ2n) is 5.97. The second kappa shape index (κ2) is 7.96. The van der Waals surface area contributed by atoms with Crippen LogP contribution in [0.25, 0.3) is 0 Å². The fourth-order valence-corrected chi connectivity index (χ4v) is 4.28. The molecule has 0 unspecified atom stereocenters. The Morgan fingerprint density at radius 3 is 2.54 bits per heavy atom. The number of carbonyl (C=O) groups is 1. The predicted octanol–water partition coefficient (Wildman–Crippen LogP) is 0.480. The molecule has 24 heavy (non-hydrogen) atoms. The van der Waals surface area contributed by atoms with E-state index in [9.17, 15) is 13.2 Å². The van der Waals surface area contributed by atoms with Crippen LogP contribution >= 0.6 is 0 Å². The number of carbonyl (C=O) groups excluding carboxylic acids is 1. The maximum atomic E-state index is 12.9. The normalized spacial score (nSPS) is 17.3. The van der Waals surface area contributed by atoms with Crippen molar-refractivity contribution in [2.75, 3.05) is 53.9 Å². The lowest BCUT2D eigenvalue weighted by atomic mass is 10.3. The zero-order valence-corrected chi connectivity index (χ0v) is 15.3. The lowest BCUT2D eigenvalue weighted by Crippen LogP contribution is -2.39. The molecule has 1 aromatic carbocycles. The third kappa shape index (κ3) is 4.25. The van der Waals surface area contributed by atoms with Crippen LogP contribution in [-0.2, 0) is 14.8 Å². The first-order valence-electron chi connectivity index (χ1n) is 7.92. The van der Waals surface area contributed by atoms with Crippen LogP contribution in [0, 0.1) is 0 Å². The van der Waals surface area contributed by atoms with Crippen molar-refractivity contribution in [3.63, 3.8) is 0 Å². The first-order chi connectivity index (χ1) is 11.4. The van der Waals surface area contributed by atoms with Crippen LogP contribution in [0.2, 0.25) is 0 Å². The summed E-state index contributed by atoms with van der Waals surface area (Å²) in [6.45, 7) is 2.36. The second-order valence-corrected chi connectivity index (χ2v) is 7.88. The molecule has 0 N–H and O–H groups in total. The summed E-state index contributed by atoms with van der Waals surface area (Å²) >= 11 is 0. The molecule has 1 aromatic rings. The average molecular weight is 355 g/mol. The third-order valence-corrected chi connectivity index (χ3v) is 6.03. The largest absolute Gasteiger partial charge is 0.495 e. The van der Waals surface area contributed by atoms with Crippen LogP contribution in [0.4, 0.5) is 0 Å². The van der Waals surface area contributed by atoms with Gasteiger partial charge in [0, 0.05) is 33.7 Å². The van der Waals surface area contributed by atoms with E-state index in [1.165, 1.54) is 11.4 Å². The van der Waals surface area contributed by atoms with Gasteiger partial charge in [0.05, 0.1) is 13.7 Å². The molecule has 7 nitrogen and oxygen atoms in total. The Morgan fingerprint density at radius 2 is 1.88 bits per heavy atom. The Morgan fingerprint density at radius 1 is 1.17 bits per heavy atom. The van der Waals surface area contributed by atoms with Crippen molar-refractivity contribution < 1.29 is 17.9 Å². The molecular formula is C16H25N3O4S. The van der Waals surface area contributed by atoms with Gasteiger partial charge in [-0.3, -0.25) is 9.69 Å². The van der Waals surface area contributed by atoms with Crippen LogP contribution in [0.1, 0.15) is 6.42 Å². The van der Waals surface area contributed by atoms with Crippen LogP contribution in [0.3, 0.4) is 0 Å². The van der Waals surface area contributed by atoms with Gasteiger partial charge in [-0.1, -0.05) is 12.1 Å². The Labute approximate surface area is 143 Å². The first-order valence-corrected chi connectivity index (χ1v) is 9.36. The van der Waals surface area contributed by atoms with Crippen molar-refractivity contribution in [2.24, 2.45) is 0 Å². The maximum Gasteiger partial charge on any atom is 0.246 e. The van der Waals surface area contributed by atoms with E-state index < -0.39 is 10.0 Å². The Balaban J connectivity index is 2.11. The van der Waals surface area contributed by atoms with Gasteiger partial charge in [0.15, 0.2) is 0 Å². The van der Waals surface area contributed by atoms with Crippen molar-refractivity contribution in [1.82, 2.24) is 14.1 Å². The molecule has 1 saturated heterocycles. The number of hydrogen-bond acceptors (Lipinski definition) is 5. The predicted molar refractivity (Wildman–Crippen MR) is 91.5 cm³/mol. The highest BCUT2D eigenvalue weighted by Gasteiger charge is 2.29. The molecule has 0 aliphatic carbocycles. The van der Waals surface area contributed by atoms with E-state index in [-0.39, 0.29) is 10.8 Å². The summed E-state index contributed by atoms with van der Waals surface area (Å²) < 4.78 is 32.5. The van der Waals surface area contributed by atoms with Gasteiger partial charge in [0.1, 0.15) is 10.6 Å². The third-order valence-electron chi connectivity index (χ3n) is 4.09. The van der Waals surface area contributed by atoms with E-state index in [1.54, 1.807) is 43.3 Å². The molecule has 134 valence electrons. The zero-order valence-electron chi connectivity index (χ0n) is 14.4. The van der Waals surface area contributed by atoms with Gasteiger partial charge >= 0.3 is 0 Å². The Bertz CT molecular complexity index is 676. The van der Waals surface area contributed by atoms with Crippen molar-refractivity contribution in [2.45, 2.75) is 11.3 Å². The molecule has 0 radical (unpaired) electrons. The Hall–Kier alpha value is -1.64. The minimum atomic E-state index is -3.61. The van der Waals surface area contributed by atoms with Crippen LogP contribution in [0.15, 0.2) is 29.2 Å². The van der Waals surface area contributed by atoms with Crippen molar-refractivity contribution in [3.8, 4) is 5.75 Å². The summed E-state index contributed by atoms with van der Waals surface area (Å²) in [5.74, 6) is 0.373. The van der Waals surface area contributed by atoms with E-state index in [1.807, 2.05) is 4.90 Å².